The molecule has 0 bridgehead atoms. The number of piperidine rings is 1. The molecule has 0 radical (unpaired) electrons. The Kier molecular flexibility index (Phi) is 5.65. The van der Waals surface area contributed by atoms with Crippen molar-refractivity contribution in [2.24, 2.45) is 5.92 Å². The number of hydrogen-bond acceptors (Lipinski definition) is 4. The zero-order valence-electron chi connectivity index (χ0n) is 16.0. The van der Waals surface area contributed by atoms with Gasteiger partial charge in [-0.15, -0.1) is 10.2 Å². The minimum Gasteiger partial charge on any atom is -0.354 e. The summed E-state index contributed by atoms with van der Waals surface area (Å²) in [5, 5.41) is 11.1. The SMILES string of the molecule is O=C(Nc1ccc(F)c(F)c1)C1CCCN(c2ccc(-c3ccc(F)cc3)nn2)C1. The summed E-state index contributed by atoms with van der Waals surface area (Å²) in [4.78, 5) is 14.6. The largest absolute Gasteiger partial charge is 0.354 e. The third-order valence-corrected chi connectivity index (χ3v) is 5.09. The molecular weight excluding hydrogens is 393 g/mol. The smallest absolute Gasteiger partial charge is 0.229 e. The number of rotatable bonds is 4. The van der Waals surface area contributed by atoms with Crippen molar-refractivity contribution >= 4 is 17.4 Å². The maximum Gasteiger partial charge on any atom is 0.229 e. The van der Waals surface area contributed by atoms with Crippen LogP contribution >= 0.6 is 0 Å². The summed E-state index contributed by atoms with van der Waals surface area (Å²) < 4.78 is 39.5. The molecule has 0 saturated carbocycles. The molecule has 1 fully saturated rings. The van der Waals surface area contributed by atoms with Gasteiger partial charge in [-0.1, -0.05) is 0 Å². The molecule has 154 valence electrons. The molecule has 2 heterocycles. The van der Waals surface area contributed by atoms with Crippen molar-refractivity contribution in [1.29, 1.82) is 0 Å². The van der Waals surface area contributed by atoms with E-state index in [1.165, 1.54) is 18.2 Å². The van der Waals surface area contributed by atoms with Crippen LogP contribution in [0.2, 0.25) is 0 Å². The number of nitrogens with zero attached hydrogens (tertiary/aromatic N) is 3. The lowest BCUT2D eigenvalue weighted by atomic mass is 9.97. The molecule has 30 heavy (non-hydrogen) atoms. The summed E-state index contributed by atoms with van der Waals surface area (Å²) >= 11 is 0. The topological polar surface area (TPSA) is 58.1 Å². The minimum atomic E-state index is -1.01. The third kappa shape index (κ3) is 4.42. The van der Waals surface area contributed by atoms with Gasteiger partial charge >= 0.3 is 0 Å². The second-order valence-electron chi connectivity index (χ2n) is 7.19. The van der Waals surface area contributed by atoms with Crippen molar-refractivity contribution in [2.75, 3.05) is 23.3 Å². The number of nitrogens with one attached hydrogen (secondary N) is 1. The van der Waals surface area contributed by atoms with Crippen molar-refractivity contribution in [3.8, 4) is 11.3 Å². The summed E-state index contributed by atoms with van der Waals surface area (Å²) in [5.74, 6) is -2.20. The van der Waals surface area contributed by atoms with Crippen LogP contribution in [0.4, 0.5) is 24.7 Å². The molecule has 1 aliphatic heterocycles. The van der Waals surface area contributed by atoms with Gasteiger partial charge < -0.3 is 10.2 Å². The van der Waals surface area contributed by atoms with Gasteiger partial charge in [-0.25, -0.2) is 13.2 Å². The van der Waals surface area contributed by atoms with E-state index in [4.69, 9.17) is 0 Å². The van der Waals surface area contributed by atoms with Gasteiger partial charge in [-0.3, -0.25) is 4.79 Å². The lowest BCUT2D eigenvalue weighted by Gasteiger charge is -2.32. The molecule has 1 atom stereocenters. The Bertz CT molecular complexity index is 1040. The lowest BCUT2D eigenvalue weighted by molar-refractivity contribution is -0.120. The standard InChI is InChI=1S/C22H19F3N4O/c23-16-5-3-14(4-6-16)20-9-10-21(28-27-20)29-11-1-2-15(13-29)22(30)26-17-7-8-18(24)19(25)12-17/h3-10,12,15H,1-2,11,13H2,(H,26,30). The highest BCUT2D eigenvalue weighted by molar-refractivity contribution is 5.93. The molecule has 1 aliphatic rings. The fraction of sp³-hybridized carbons (Fsp3) is 0.227. The highest BCUT2D eigenvalue weighted by Gasteiger charge is 2.27. The second-order valence-corrected chi connectivity index (χ2v) is 7.19. The van der Waals surface area contributed by atoms with E-state index in [9.17, 15) is 18.0 Å². The van der Waals surface area contributed by atoms with Crippen molar-refractivity contribution in [3.05, 3.63) is 72.0 Å². The van der Waals surface area contributed by atoms with Gasteiger partial charge in [0.15, 0.2) is 17.5 Å². The molecule has 1 saturated heterocycles. The summed E-state index contributed by atoms with van der Waals surface area (Å²) in [6.45, 7) is 1.18. The molecule has 4 rings (SSSR count). The number of anilines is 2. The molecule has 3 aromatic rings. The first kappa shape index (κ1) is 19.9. The van der Waals surface area contributed by atoms with Gasteiger partial charge in [-0.2, -0.15) is 0 Å². The summed E-state index contributed by atoms with van der Waals surface area (Å²) in [5.41, 5.74) is 1.61. The van der Waals surface area contributed by atoms with Gasteiger partial charge in [0.25, 0.3) is 0 Å². The van der Waals surface area contributed by atoms with Crippen molar-refractivity contribution in [1.82, 2.24) is 10.2 Å². The Labute approximate surface area is 171 Å². The predicted molar refractivity (Wildman–Crippen MR) is 107 cm³/mol. The van der Waals surface area contributed by atoms with Crippen LogP contribution < -0.4 is 10.2 Å². The zero-order chi connectivity index (χ0) is 21.1. The molecule has 5 nitrogen and oxygen atoms in total. The van der Waals surface area contributed by atoms with Crippen molar-refractivity contribution < 1.29 is 18.0 Å². The fourth-order valence-corrected chi connectivity index (χ4v) is 3.49. The monoisotopic (exact) mass is 412 g/mol. The quantitative estimate of drug-likeness (QED) is 0.690. The van der Waals surface area contributed by atoms with E-state index in [1.54, 1.807) is 18.2 Å². The summed E-state index contributed by atoms with van der Waals surface area (Å²) in [6, 6.07) is 12.9. The van der Waals surface area contributed by atoms with Crippen LogP contribution in [-0.4, -0.2) is 29.2 Å². The number of carbonyl (C=O) groups excluding carboxylic acids is 1. The van der Waals surface area contributed by atoms with Gasteiger partial charge in [0.05, 0.1) is 11.6 Å². The number of benzene rings is 2. The van der Waals surface area contributed by atoms with Crippen LogP contribution in [0.25, 0.3) is 11.3 Å². The molecule has 0 aliphatic carbocycles. The number of carbonyl (C=O) groups is 1. The van der Waals surface area contributed by atoms with Crippen LogP contribution in [0, 0.1) is 23.4 Å². The van der Waals surface area contributed by atoms with Crippen LogP contribution in [0.3, 0.4) is 0 Å². The average Bonchev–Trinajstić information content (AvgIpc) is 2.77. The molecule has 1 unspecified atom stereocenters. The van der Waals surface area contributed by atoms with Crippen LogP contribution in [0.5, 0.6) is 0 Å². The first-order valence-corrected chi connectivity index (χ1v) is 9.60. The Morgan fingerprint density at radius 1 is 0.967 bits per heavy atom. The number of halogens is 3. The summed E-state index contributed by atoms with van der Waals surface area (Å²) in [6.07, 6.45) is 1.48. The Morgan fingerprint density at radius 3 is 2.47 bits per heavy atom. The van der Waals surface area contributed by atoms with E-state index < -0.39 is 11.6 Å². The molecule has 0 spiro atoms. The molecule has 1 amide bonds. The van der Waals surface area contributed by atoms with E-state index >= 15 is 0 Å². The minimum absolute atomic E-state index is 0.222. The predicted octanol–water partition coefficient (Wildman–Crippen LogP) is 4.42. The maximum atomic E-state index is 13.4. The number of aromatic nitrogens is 2. The highest BCUT2D eigenvalue weighted by Crippen LogP contribution is 2.25. The molecule has 8 heteroatoms. The Balaban J connectivity index is 1.42. The van der Waals surface area contributed by atoms with Crippen LogP contribution in [0.15, 0.2) is 54.6 Å². The lowest BCUT2D eigenvalue weighted by Crippen LogP contribution is -2.41. The second kappa shape index (κ2) is 8.52. The first-order valence-electron chi connectivity index (χ1n) is 9.60. The van der Waals surface area contributed by atoms with E-state index in [2.05, 4.69) is 15.5 Å². The van der Waals surface area contributed by atoms with E-state index in [1.807, 2.05) is 11.0 Å². The van der Waals surface area contributed by atoms with Gasteiger partial charge in [0.1, 0.15) is 5.82 Å². The third-order valence-electron chi connectivity index (χ3n) is 5.09. The summed E-state index contributed by atoms with van der Waals surface area (Å²) in [7, 11) is 0. The van der Waals surface area contributed by atoms with Crippen molar-refractivity contribution in [3.63, 3.8) is 0 Å². The zero-order valence-corrected chi connectivity index (χ0v) is 16.0. The van der Waals surface area contributed by atoms with Gasteiger partial charge in [-0.05, 0) is 61.4 Å². The molecule has 1 aromatic heterocycles. The molecule has 2 aromatic carbocycles. The van der Waals surface area contributed by atoms with Crippen molar-refractivity contribution in [2.45, 2.75) is 12.8 Å². The van der Waals surface area contributed by atoms with E-state index in [-0.39, 0.29) is 23.3 Å². The number of amides is 1. The van der Waals surface area contributed by atoms with Crippen LogP contribution in [0.1, 0.15) is 12.8 Å². The average molecular weight is 412 g/mol. The molecule has 1 N–H and O–H groups in total. The highest BCUT2D eigenvalue weighted by atomic mass is 19.2. The molecular formula is C22H19F3N4O. The first-order chi connectivity index (χ1) is 14.5. The van der Waals surface area contributed by atoms with Gasteiger partial charge in [0, 0.05) is 30.4 Å². The van der Waals surface area contributed by atoms with Gasteiger partial charge in [0.2, 0.25) is 5.91 Å². The normalized spacial score (nSPS) is 16.4. The number of hydrogen-bond donors (Lipinski definition) is 1. The fourth-order valence-electron chi connectivity index (χ4n) is 3.49. The van der Waals surface area contributed by atoms with Crippen LogP contribution in [-0.2, 0) is 4.79 Å². The van der Waals surface area contributed by atoms with E-state index in [0.717, 1.165) is 30.7 Å². The Hall–Kier alpha value is -3.42. The van der Waals surface area contributed by atoms with E-state index in [0.29, 0.717) is 24.5 Å². The maximum absolute atomic E-state index is 13.4. The Morgan fingerprint density at radius 2 is 1.77 bits per heavy atom.